The lowest BCUT2D eigenvalue weighted by Gasteiger charge is -2.32. The Balaban J connectivity index is 1.94. The van der Waals surface area contributed by atoms with Crippen molar-refractivity contribution >= 4 is 5.91 Å². The van der Waals surface area contributed by atoms with Crippen LogP contribution in [0.5, 0.6) is 0 Å². The fourth-order valence-corrected chi connectivity index (χ4v) is 3.50. The van der Waals surface area contributed by atoms with Crippen LogP contribution in [0.15, 0.2) is 48.8 Å². The number of carbonyl (C=O) groups is 1. The van der Waals surface area contributed by atoms with Gasteiger partial charge in [0.25, 0.3) is 0 Å². The van der Waals surface area contributed by atoms with E-state index in [9.17, 15) is 9.18 Å². The minimum Gasteiger partial charge on any atom is -0.335 e. The molecule has 3 heterocycles. The maximum atomic E-state index is 13.4. The van der Waals surface area contributed by atoms with Gasteiger partial charge in [-0.25, -0.2) is 4.39 Å². The van der Waals surface area contributed by atoms with Crippen molar-refractivity contribution in [2.24, 2.45) is 0 Å². The van der Waals surface area contributed by atoms with E-state index in [0.29, 0.717) is 13.1 Å². The lowest BCUT2D eigenvalue weighted by atomic mass is 9.98. The molecule has 6 heteroatoms. The first-order valence-electron chi connectivity index (χ1n) is 8.58. The number of halogens is 1. The average Bonchev–Trinajstić information content (AvgIpc) is 3.03. The van der Waals surface area contributed by atoms with Crippen LogP contribution in [0, 0.1) is 5.82 Å². The molecule has 1 atom stereocenters. The Labute approximate surface area is 151 Å². The number of rotatable bonds is 2. The van der Waals surface area contributed by atoms with E-state index in [2.05, 4.69) is 11.9 Å². The third-order valence-corrected chi connectivity index (χ3v) is 4.78. The number of nitrogens with zero attached hydrogens (tertiary/aromatic N) is 4. The van der Waals surface area contributed by atoms with Crippen molar-refractivity contribution in [3.8, 4) is 22.4 Å². The molecule has 0 N–H and O–H groups in total. The largest absolute Gasteiger partial charge is 0.335 e. The van der Waals surface area contributed by atoms with E-state index in [1.54, 1.807) is 31.5 Å². The molecule has 26 heavy (non-hydrogen) atoms. The first-order chi connectivity index (χ1) is 12.5. The Hall–Kier alpha value is -3.02. The van der Waals surface area contributed by atoms with Crippen LogP contribution in [-0.4, -0.2) is 32.1 Å². The molecule has 1 aliphatic rings. The molecule has 1 aromatic carbocycles. The molecule has 0 radical (unpaired) electrons. The number of hydrogen-bond donors (Lipinski definition) is 0. The maximum absolute atomic E-state index is 13.4. The smallest absolute Gasteiger partial charge is 0.219 e. The maximum Gasteiger partial charge on any atom is 0.219 e. The molecule has 0 aliphatic carbocycles. The Morgan fingerprint density at radius 2 is 1.81 bits per heavy atom. The molecule has 0 unspecified atom stereocenters. The highest BCUT2D eigenvalue weighted by Gasteiger charge is 2.30. The fraction of sp³-hybridized carbons (Fsp3) is 0.250. The van der Waals surface area contributed by atoms with Crippen LogP contribution in [-0.2, 0) is 11.3 Å². The zero-order chi connectivity index (χ0) is 18.3. The monoisotopic (exact) mass is 350 g/mol. The Morgan fingerprint density at radius 1 is 1.12 bits per heavy atom. The lowest BCUT2D eigenvalue weighted by molar-refractivity contribution is -0.130. The van der Waals surface area contributed by atoms with Gasteiger partial charge in [0.2, 0.25) is 5.91 Å². The van der Waals surface area contributed by atoms with Crippen LogP contribution in [0.2, 0.25) is 0 Å². The summed E-state index contributed by atoms with van der Waals surface area (Å²) in [6.45, 7) is 4.77. The summed E-state index contributed by atoms with van der Waals surface area (Å²) in [7, 11) is 0. The van der Waals surface area contributed by atoms with Crippen LogP contribution in [0.1, 0.15) is 25.6 Å². The molecular formula is C20H19FN4O. The number of amides is 1. The van der Waals surface area contributed by atoms with Gasteiger partial charge in [-0.2, -0.15) is 5.10 Å². The summed E-state index contributed by atoms with van der Waals surface area (Å²) in [5, 5.41) is 4.84. The topological polar surface area (TPSA) is 51.0 Å². The van der Waals surface area contributed by atoms with Gasteiger partial charge < -0.3 is 4.90 Å². The molecular weight excluding hydrogens is 331 g/mol. The Bertz CT molecular complexity index is 950. The minimum atomic E-state index is -0.278. The second kappa shape index (κ2) is 6.37. The van der Waals surface area contributed by atoms with Crippen LogP contribution >= 0.6 is 0 Å². The van der Waals surface area contributed by atoms with Gasteiger partial charge in [0.05, 0.1) is 18.3 Å². The molecule has 0 bridgehead atoms. The molecule has 0 saturated carbocycles. The van der Waals surface area contributed by atoms with E-state index in [1.807, 2.05) is 21.7 Å². The highest BCUT2D eigenvalue weighted by Crippen LogP contribution is 2.38. The second-order valence-electron chi connectivity index (χ2n) is 6.61. The summed E-state index contributed by atoms with van der Waals surface area (Å²) in [6, 6.07) is 10.3. The molecule has 4 rings (SSSR count). The number of pyridine rings is 1. The van der Waals surface area contributed by atoms with Gasteiger partial charge in [0, 0.05) is 37.0 Å². The second-order valence-corrected chi connectivity index (χ2v) is 6.61. The molecule has 132 valence electrons. The third kappa shape index (κ3) is 2.77. The third-order valence-electron chi connectivity index (χ3n) is 4.78. The molecule has 0 saturated heterocycles. The van der Waals surface area contributed by atoms with Crippen molar-refractivity contribution in [2.75, 3.05) is 6.54 Å². The van der Waals surface area contributed by atoms with Crippen LogP contribution in [0.25, 0.3) is 22.4 Å². The summed E-state index contributed by atoms with van der Waals surface area (Å²) >= 11 is 0. The molecule has 0 spiro atoms. The summed E-state index contributed by atoms with van der Waals surface area (Å²) < 4.78 is 15.4. The van der Waals surface area contributed by atoms with Crippen LogP contribution in [0.4, 0.5) is 4.39 Å². The van der Waals surface area contributed by atoms with Crippen molar-refractivity contribution in [1.29, 1.82) is 0 Å². The predicted molar refractivity (Wildman–Crippen MR) is 96.7 cm³/mol. The van der Waals surface area contributed by atoms with Crippen LogP contribution < -0.4 is 0 Å². The number of benzene rings is 1. The minimum absolute atomic E-state index is 0.0494. The number of hydrogen-bond acceptors (Lipinski definition) is 3. The normalized spacial score (nSPS) is 16.4. The van der Waals surface area contributed by atoms with E-state index in [4.69, 9.17) is 5.10 Å². The Kier molecular flexibility index (Phi) is 4.03. The molecule has 5 nitrogen and oxygen atoms in total. The molecule has 2 aromatic heterocycles. The lowest BCUT2D eigenvalue weighted by Crippen LogP contribution is -2.39. The van der Waals surface area contributed by atoms with E-state index < -0.39 is 0 Å². The van der Waals surface area contributed by atoms with Crippen molar-refractivity contribution < 1.29 is 9.18 Å². The highest BCUT2D eigenvalue weighted by molar-refractivity contribution is 5.83. The van der Waals surface area contributed by atoms with E-state index >= 15 is 0 Å². The zero-order valence-electron chi connectivity index (χ0n) is 14.7. The van der Waals surface area contributed by atoms with Crippen molar-refractivity contribution in [1.82, 2.24) is 19.7 Å². The number of fused-ring (bicyclic) bond motifs is 1. The summed E-state index contributed by atoms with van der Waals surface area (Å²) in [4.78, 5) is 17.9. The summed E-state index contributed by atoms with van der Waals surface area (Å²) in [5.74, 6) is -0.229. The standard InChI is InChI=1S/C20H19FN4O/c1-13-11-24(14(2)26)12-18-19(15-7-9-22-10-8-15)20(23-25(13)18)16-3-5-17(21)6-4-16/h3-10,13H,11-12H2,1-2H3/t13-/m1/s1. The van der Waals surface area contributed by atoms with Crippen LogP contribution in [0.3, 0.4) is 0 Å². The first kappa shape index (κ1) is 16.4. The van der Waals surface area contributed by atoms with Gasteiger partial charge in [-0.05, 0) is 48.9 Å². The summed E-state index contributed by atoms with van der Waals surface area (Å²) in [5.41, 5.74) is 4.59. The van der Waals surface area contributed by atoms with Gasteiger partial charge in [0.1, 0.15) is 11.5 Å². The van der Waals surface area contributed by atoms with E-state index in [0.717, 1.165) is 28.1 Å². The number of aromatic nitrogens is 3. The van der Waals surface area contributed by atoms with E-state index in [1.165, 1.54) is 12.1 Å². The molecule has 3 aromatic rings. The van der Waals surface area contributed by atoms with Crippen molar-refractivity contribution in [3.05, 3.63) is 60.3 Å². The average molecular weight is 350 g/mol. The zero-order valence-corrected chi connectivity index (χ0v) is 14.7. The predicted octanol–water partition coefficient (Wildman–Crippen LogP) is 3.67. The van der Waals surface area contributed by atoms with Gasteiger partial charge >= 0.3 is 0 Å². The van der Waals surface area contributed by atoms with Gasteiger partial charge in [-0.1, -0.05) is 0 Å². The van der Waals surface area contributed by atoms with Gasteiger partial charge in [0.15, 0.2) is 0 Å². The van der Waals surface area contributed by atoms with Crippen molar-refractivity contribution in [3.63, 3.8) is 0 Å². The Morgan fingerprint density at radius 3 is 2.46 bits per heavy atom. The highest BCUT2D eigenvalue weighted by atomic mass is 19.1. The quantitative estimate of drug-likeness (QED) is 0.708. The first-order valence-corrected chi connectivity index (χ1v) is 8.58. The van der Waals surface area contributed by atoms with Gasteiger partial charge in [-0.3, -0.25) is 14.5 Å². The van der Waals surface area contributed by atoms with Crippen molar-refractivity contribution in [2.45, 2.75) is 26.4 Å². The molecule has 1 amide bonds. The fourth-order valence-electron chi connectivity index (χ4n) is 3.50. The molecule has 1 aliphatic heterocycles. The number of carbonyl (C=O) groups excluding carboxylic acids is 1. The van der Waals surface area contributed by atoms with Gasteiger partial charge in [-0.15, -0.1) is 0 Å². The van der Waals surface area contributed by atoms with E-state index in [-0.39, 0.29) is 17.8 Å². The molecule has 0 fully saturated rings. The SMILES string of the molecule is CC(=O)N1Cc2c(-c3ccncc3)c(-c3ccc(F)cc3)nn2[C@H](C)C1. The summed E-state index contributed by atoms with van der Waals surface area (Å²) in [6.07, 6.45) is 3.48.